The molecule has 5 nitrogen and oxygen atoms in total. The summed E-state index contributed by atoms with van der Waals surface area (Å²) in [6.45, 7) is 2.53. The first-order chi connectivity index (χ1) is 9.66. The Kier molecular flexibility index (Phi) is 4.84. The highest BCUT2D eigenvalue weighted by Crippen LogP contribution is 2.35. The molecular formula is C12H15BrClFN2O3S. The van der Waals surface area contributed by atoms with Gasteiger partial charge in [-0.3, -0.25) is 0 Å². The topological polar surface area (TPSA) is 81.4 Å². The van der Waals surface area contributed by atoms with E-state index in [2.05, 4.69) is 20.7 Å². The molecule has 0 amide bonds. The number of hydrogen-bond donors (Lipinski definition) is 2. The van der Waals surface area contributed by atoms with Crippen molar-refractivity contribution in [2.24, 2.45) is 0 Å². The molecule has 1 unspecified atom stereocenters. The highest BCUT2D eigenvalue weighted by Gasteiger charge is 2.35. The van der Waals surface area contributed by atoms with Crippen LogP contribution >= 0.6 is 27.5 Å². The Bertz CT molecular complexity index is 663. The molecule has 1 atom stereocenters. The molecule has 1 fully saturated rings. The zero-order valence-electron chi connectivity index (χ0n) is 11.3. The van der Waals surface area contributed by atoms with Crippen LogP contribution in [0.1, 0.15) is 19.8 Å². The first-order valence-electron chi connectivity index (χ1n) is 6.21. The van der Waals surface area contributed by atoms with Crippen LogP contribution in [0.2, 0.25) is 5.02 Å². The van der Waals surface area contributed by atoms with Crippen LogP contribution in [0.3, 0.4) is 0 Å². The molecule has 0 bridgehead atoms. The summed E-state index contributed by atoms with van der Waals surface area (Å²) in [4.78, 5) is -0.569. The van der Waals surface area contributed by atoms with E-state index < -0.39 is 26.3 Å². The van der Waals surface area contributed by atoms with Gasteiger partial charge in [-0.05, 0) is 41.8 Å². The number of anilines is 1. The molecule has 9 heteroatoms. The van der Waals surface area contributed by atoms with E-state index in [4.69, 9.17) is 22.1 Å². The molecule has 1 saturated heterocycles. The molecule has 1 heterocycles. The van der Waals surface area contributed by atoms with E-state index in [9.17, 15) is 12.8 Å². The Morgan fingerprint density at radius 2 is 2.24 bits per heavy atom. The van der Waals surface area contributed by atoms with Crippen molar-refractivity contribution in [2.75, 3.05) is 18.9 Å². The molecule has 1 aromatic rings. The van der Waals surface area contributed by atoms with Gasteiger partial charge in [0, 0.05) is 6.61 Å². The van der Waals surface area contributed by atoms with Crippen LogP contribution in [-0.4, -0.2) is 27.2 Å². The van der Waals surface area contributed by atoms with Crippen LogP contribution in [0.5, 0.6) is 0 Å². The van der Waals surface area contributed by atoms with Gasteiger partial charge in [0.05, 0.1) is 27.3 Å². The second kappa shape index (κ2) is 6.00. The minimum Gasteiger partial charge on any atom is -0.395 e. The number of hydrogen-bond acceptors (Lipinski definition) is 4. The van der Waals surface area contributed by atoms with E-state index in [1.165, 1.54) is 0 Å². The lowest BCUT2D eigenvalue weighted by Crippen LogP contribution is -2.51. The second-order valence-corrected chi connectivity index (χ2v) is 8.07. The monoisotopic (exact) mass is 400 g/mol. The first-order valence-corrected chi connectivity index (χ1v) is 8.86. The van der Waals surface area contributed by atoms with Crippen molar-refractivity contribution in [3.63, 3.8) is 0 Å². The lowest BCUT2D eigenvalue weighted by Gasteiger charge is -2.33. The number of rotatable bonds is 3. The predicted octanol–water partition coefficient (Wildman–Crippen LogP) is 2.67. The van der Waals surface area contributed by atoms with Gasteiger partial charge in [-0.2, -0.15) is 0 Å². The largest absolute Gasteiger partial charge is 0.395 e. The van der Waals surface area contributed by atoms with Crippen molar-refractivity contribution in [1.29, 1.82) is 0 Å². The molecule has 0 aromatic heterocycles. The van der Waals surface area contributed by atoms with Crippen LogP contribution in [0.25, 0.3) is 0 Å². The van der Waals surface area contributed by atoms with E-state index >= 15 is 0 Å². The fraction of sp³-hybridized carbons (Fsp3) is 0.500. The Hall–Kier alpha value is -0.410. The van der Waals surface area contributed by atoms with Crippen LogP contribution in [0.15, 0.2) is 15.4 Å². The molecule has 0 aliphatic carbocycles. The minimum absolute atomic E-state index is 0.0272. The smallest absolute Gasteiger partial charge is 0.244 e. The second-order valence-electron chi connectivity index (χ2n) is 5.22. The summed E-state index contributed by atoms with van der Waals surface area (Å²) in [6.07, 6.45) is 1.33. The van der Waals surface area contributed by atoms with E-state index in [1.807, 2.05) is 0 Å². The number of nitrogen functional groups attached to an aromatic ring is 1. The van der Waals surface area contributed by atoms with Crippen LogP contribution < -0.4 is 10.5 Å². The van der Waals surface area contributed by atoms with E-state index in [-0.39, 0.29) is 21.8 Å². The third-order valence-corrected chi connectivity index (χ3v) is 6.28. The average Bonchev–Trinajstić information content (AvgIpc) is 2.40. The Balaban J connectivity index is 2.40. The number of halogens is 3. The normalized spacial score (nSPS) is 23.2. The van der Waals surface area contributed by atoms with Gasteiger partial charge in [0.2, 0.25) is 10.0 Å². The van der Waals surface area contributed by atoms with Crippen molar-refractivity contribution < 1.29 is 17.5 Å². The highest BCUT2D eigenvalue weighted by atomic mass is 79.9. The maximum absolute atomic E-state index is 14.2. The van der Waals surface area contributed by atoms with E-state index in [0.717, 1.165) is 12.5 Å². The van der Waals surface area contributed by atoms with Gasteiger partial charge >= 0.3 is 0 Å². The van der Waals surface area contributed by atoms with Crippen molar-refractivity contribution in [3.8, 4) is 0 Å². The van der Waals surface area contributed by atoms with Crippen LogP contribution in [0, 0.1) is 5.82 Å². The third kappa shape index (κ3) is 3.50. The number of ether oxygens (including phenoxy) is 1. The highest BCUT2D eigenvalue weighted by molar-refractivity contribution is 9.10. The molecule has 0 radical (unpaired) electrons. The first kappa shape index (κ1) is 17.0. The lowest BCUT2D eigenvalue weighted by atomic mass is 9.97. The molecule has 1 aromatic carbocycles. The lowest BCUT2D eigenvalue weighted by molar-refractivity contribution is 0.0386. The summed E-state index contributed by atoms with van der Waals surface area (Å²) in [7, 11) is -4.10. The van der Waals surface area contributed by atoms with Crippen molar-refractivity contribution in [3.05, 3.63) is 21.4 Å². The standard InChI is InChI=1S/C12H15BrClFN2O3S/c1-12(3-2-4-20-6-12)17-21(18,19)8-5-7(14)9(13)11(16)10(8)15/h5,17H,2-4,6,16H2,1H3. The van der Waals surface area contributed by atoms with E-state index in [1.54, 1.807) is 6.92 Å². The number of nitrogens with two attached hydrogens (primary N) is 1. The number of sulfonamides is 1. The molecule has 1 aliphatic rings. The molecule has 0 saturated carbocycles. The minimum atomic E-state index is -4.10. The van der Waals surface area contributed by atoms with Crippen LogP contribution in [0.4, 0.5) is 10.1 Å². The van der Waals surface area contributed by atoms with Gasteiger partial charge < -0.3 is 10.5 Å². The third-order valence-electron chi connectivity index (χ3n) is 3.26. The van der Waals surface area contributed by atoms with Gasteiger partial charge in [0.1, 0.15) is 4.90 Å². The Labute approximate surface area is 136 Å². The summed E-state index contributed by atoms with van der Waals surface area (Å²) >= 11 is 8.87. The molecule has 2 rings (SSSR count). The van der Waals surface area contributed by atoms with Crippen molar-refractivity contribution in [2.45, 2.75) is 30.2 Å². The Morgan fingerprint density at radius 3 is 2.81 bits per heavy atom. The quantitative estimate of drug-likeness (QED) is 0.603. The summed E-state index contributed by atoms with van der Waals surface area (Å²) in [6, 6.07) is 1.03. The zero-order chi connectivity index (χ0) is 15.8. The predicted molar refractivity (Wildman–Crippen MR) is 82.3 cm³/mol. The fourth-order valence-corrected chi connectivity index (χ4v) is 4.29. The summed E-state index contributed by atoms with van der Waals surface area (Å²) in [5, 5.41) is 0.0272. The van der Waals surface area contributed by atoms with E-state index in [0.29, 0.717) is 13.0 Å². The molecule has 1 aliphatic heterocycles. The molecule has 0 spiro atoms. The number of nitrogens with one attached hydrogen (secondary N) is 1. The maximum atomic E-state index is 14.2. The average molecular weight is 402 g/mol. The van der Waals surface area contributed by atoms with Gasteiger partial charge in [-0.1, -0.05) is 11.6 Å². The van der Waals surface area contributed by atoms with Crippen molar-refractivity contribution >= 4 is 43.2 Å². The molecule has 3 N–H and O–H groups in total. The van der Waals surface area contributed by atoms with Crippen molar-refractivity contribution in [1.82, 2.24) is 4.72 Å². The maximum Gasteiger partial charge on any atom is 0.244 e. The Morgan fingerprint density at radius 1 is 1.57 bits per heavy atom. The van der Waals surface area contributed by atoms with Gasteiger partial charge in [-0.25, -0.2) is 17.5 Å². The molecular weight excluding hydrogens is 387 g/mol. The van der Waals surface area contributed by atoms with Crippen LogP contribution in [-0.2, 0) is 14.8 Å². The SMILES string of the molecule is CC1(NS(=O)(=O)c2cc(Cl)c(Br)c(N)c2F)CCCOC1. The summed E-state index contributed by atoms with van der Waals surface area (Å²) in [5.41, 5.74) is 4.40. The summed E-state index contributed by atoms with van der Waals surface area (Å²) < 4.78 is 46.9. The fourth-order valence-electron chi connectivity index (χ4n) is 2.19. The molecule has 21 heavy (non-hydrogen) atoms. The van der Waals surface area contributed by atoms with Gasteiger partial charge in [-0.15, -0.1) is 0 Å². The number of benzene rings is 1. The zero-order valence-corrected chi connectivity index (χ0v) is 14.4. The molecule has 118 valence electrons. The summed E-state index contributed by atoms with van der Waals surface area (Å²) in [5.74, 6) is -1.03. The van der Waals surface area contributed by atoms with Gasteiger partial charge in [0.15, 0.2) is 5.82 Å². The van der Waals surface area contributed by atoms with Gasteiger partial charge in [0.25, 0.3) is 0 Å².